The van der Waals surface area contributed by atoms with Gasteiger partial charge in [-0.15, -0.1) is 9.78 Å². The number of amides is 1. The highest BCUT2D eigenvalue weighted by Gasteiger charge is 2.29. The number of aromatic nitrogens is 5. The monoisotopic (exact) mass is 752 g/mol. The van der Waals surface area contributed by atoms with Crippen LogP contribution in [0.5, 0.6) is 17.5 Å². The van der Waals surface area contributed by atoms with Crippen molar-refractivity contribution in [3.05, 3.63) is 77.6 Å². The van der Waals surface area contributed by atoms with E-state index in [9.17, 15) is 14.4 Å². The second-order valence-corrected chi connectivity index (χ2v) is 11.9. The number of hydrogen-bond acceptors (Lipinski definition) is 15. The van der Waals surface area contributed by atoms with Crippen LogP contribution in [0.15, 0.2) is 59.9 Å². The summed E-state index contributed by atoms with van der Waals surface area (Å²) in [6.45, 7) is 7.59. The number of nitrogens with zero attached hydrogens (tertiary/aromatic N) is 6. The van der Waals surface area contributed by atoms with Crippen molar-refractivity contribution in [3.8, 4) is 23.5 Å². The lowest BCUT2D eigenvalue weighted by atomic mass is 10.0. The normalized spacial score (nSPS) is 11.8. The number of nitrogens with one attached hydrogen (secondary N) is 1. The van der Waals surface area contributed by atoms with E-state index in [1.54, 1.807) is 44.2 Å². The number of nitrogens with two attached hydrogens (primary N) is 1. The van der Waals surface area contributed by atoms with E-state index in [1.807, 2.05) is 13.8 Å². The van der Waals surface area contributed by atoms with Crippen LogP contribution in [0.25, 0.3) is 5.95 Å². The number of benzene rings is 2. The summed E-state index contributed by atoms with van der Waals surface area (Å²) in [6.07, 6.45) is 0.679. The van der Waals surface area contributed by atoms with Crippen molar-refractivity contribution in [2.45, 2.75) is 46.8 Å². The number of methoxy groups -OCH3 is 1. The first kappa shape index (κ1) is 40.2. The fourth-order valence-electron chi connectivity index (χ4n) is 4.40. The molecule has 0 saturated heterocycles. The summed E-state index contributed by atoms with van der Waals surface area (Å²) in [6, 6.07) is 9.32. The summed E-state index contributed by atoms with van der Waals surface area (Å²) in [4.78, 5) is 52.1. The highest BCUT2D eigenvalue weighted by atomic mass is 19.1. The molecule has 19 heteroatoms. The molecule has 0 spiro atoms. The quantitative estimate of drug-likeness (QED) is 0.0371. The molecule has 0 radical (unpaired) electrons. The van der Waals surface area contributed by atoms with Crippen LogP contribution in [0.4, 0.5) is 19.7 Å². The molecule has 1 unspecified atom stereocenters. The third-order valence-corrected chi connectivity index (χ3v) is 6.77. The fraction of sp³-hybridized carbons (Fsp3) is 0.371. The molecule has 18 nitrogen and oxygen atoms in total. The highest BCUT2D eigenvalue weighted by molar-refractivity contribution is 6.02. The van der Waals surface area contributed by atoms with E-state index in [4.69, 9.17) is 38.9 Å². The molecular formula is C35H41FN8O10. The van der Waals surface area contributed by atoms with Crippen LogP contribution in [-0.4, -0.2) is 88.6 Å². The number of rotatable bonds is 17. The van der Waals surface area contributed by atoms with E-state index in [1.165, 1.54) is 38.6 Å². The Bertz CT molecular complexity index is 1910. The van der Waals surface area contributed by atoms with Gasteiger partial charge < -0.3 is 44.2 Å². The number of carbonyl (C=O) groups excluding carboxylic acids is 3. The number of ether oxygens (including phenoxy) is 7. The predicted octanol–water partition coefficient (Wildman–Crippen LogP) is 4.74. The number of carbonyl (C=O) groups is 3. The van der Waals surface area contributed by atoms with E-state index >= 15 is 4.39 Å². The van der Waals surface area contributed by atoms with Crippen LogP contribution in [0.3, 0.4) is 0 Å². The van der Waals surface area contributed by atoms with Crippen LogP contribution in [0.1, 0.15) is 57.6 Å². The average Bonchev–Trinajstić information content (AvgIpc) is 3.56. The number of amidine groups is 1. The van der Waals surface area contributed by atoms with Gasteiger partial charge in [0.15, 0.2) is 17.4 Å². The van der Waals surface area contributed by atoms with Gasteiger partial charge in [0.25, 0.3) is 5.95 Å². The SMILES string of the molecule is COc1cc(OCCOC(C)=O)c(F)c(C(Nc2ccc(C(N)=NC(=O)OCC(C)C)cc2)c2nc(OCOC(=O)OC(C)C)n(-c3ncccn3)n2)c1. The maximum absolute atomic E-state index is 16.4. The number of esters is 1. The van der Waals surface area contributed by atoms with Crippen molar-refractivity contribution in [1.29, 1.82) is 0 Å². The molecule has 0 fully saturated rings. The maximum atomic E-state index is 16.4. The first-order chi connectivity index (χ1) is 25.8. The van der Waals surface area contributed by atoms with Gasteiger partial charge in [-0.25, -0.2) is 23.9 Å². The number of hydrogen-bond donors (Lipinski definition) is 2. The minimum absolute atomic E-state index is 0.0291. The molecule has 288 valence electrons. The fourth-order valence-corrected chi connectivity index (χ4v) is 4.40. The predicted molar refractivity (Wildman–Crippen MR) is 189 cm³/mol. The van der Waals surface area contributed by atoms with Gasteiger partial charge in [0, 0.05) is 42.2 Å². The number of halogens is 1. The second kappa shape index (κ2) is 19.3. The van der Waals surface area contributed by atoms with E-state index < -0.39 is 43.0 Å². The lowest BCUT2D eigenvalue weighted by molar-refractivity contribution is -0.141. The van der Waals surface area contributed by atoms with Crippen molar-refractivity contribution < 1.29 is 51.9 Å². The highest BCUT2D eigenvalue weighted by Crippen LogP contribution is 2.36. The first-order valence-electron chi connectivity index (χ1n) is 16.6. The van der Waals surface area contributed by atoms with Gasteiger partial charge in [-0.1, -0.05) is 13.8 Å². The maximum Gasteiger partial charge on any atom is 0.511 e. The summed E-state index contributed by atoms with van der Waals surface area (Å²) >= 11 is 0. The molecule has 1 amide bonds. The standard InChI is InChI=1S/C35H41FN8O10/c1-20(2)18-51-34(46)41-30(37)23-8-10-24(11-9-23)40-29(26-16-25(48-6)17-27(28(26)36)50-15-14-49-22(5)45)31-42-33(52-19-53-35(47)54-21(3)4)44(43-31)32-38-12-7-13-39-32/h7-13,16-17,20-21,29,40H,14-15,18-19H2,1-6H3,(H2,37,41,46). The summed E-state index contributed by atoms with van der Waals surface area (Å²) in [5.74, 6) is -1.34. The van der Waals surface area contributed by atoms with Crippen LogP contribution in [0.2, 0.25) is 0 Å². The Balaban J connectivity index is 1.76. The minimum Gasteiger partial charge on any atom is -0.497 e. The summed E-state index contributed by atoms with van der Waals surface area (Å²) < 4.78 is 54.3. The smallest absolute Gasteiger partial charge is 0.497 e. The van der Waals surface area contributed by atoms with Crippen molar-refractivity contribution in [2.24, 2.45) is 16.6 Å². The molecule has 3 N–H and O–H groups in total. The molecule has 2 aromatic heterocycles. The third-order valence-electron chi connectivity index (χ3n) is 6.77. The second-order valence-electron chi connectivity index (χ2n) is 11.9. The lowest BCUT2D eigenvalue weighted by Gasteiger charge is -2.21. The summed E-state index contributed by atoms with van der Waals surface area (Å²) in [5, 5.41) is 7.76. The number of aliphatic imine (C=N–C) groups is 1. The van der Waals surface area contributed by atoms with Gasteiger partial charge in [0.2, 0.25) is 6.79 Å². The molecule has 4 aromatic rings. The largest absolute Gasteiger partial charge is 0.511 e. The Kier molecular flexibility index (Phi) is 14.4. The third kappa shape index (κ3) is 11.8. The van der Waals surface area contributed by atoms with Crippen LogP contribution in [-0.2, 0) is 23.7 Å². The van der Waals surface area contributed by atoms with E-state index in [0.29, 0.717) is 11.3 Å². The van der Waals surface area contributed by atoms with E-state index in [-0.39, 0.29) is 66.4 Å². The zero-order valence-electron chi connectivity index (χ0n) is 30.5. The van der Waals surface area contributed by atoms with Crippen molar-refractivity contribution in [3.63, 3.8) is 0 Å². The van der Waals surface area contributed by atoms with Gasteiger partial charge in [-0.3, -0.25) is 4.79 Å². The summed E-state index contributed by atoms with van der Waals surface area (Å²) in [5.41, 5.74) is 6.86. The molecule has 0 aliphatic rings. The molecule has 4 rings (SSSR count). The molecular weight excluding hydrogens is 711 g/mol. The summed E-state index contributed by atoms with van der Waals surface area (Å²) in [7, 11) is 1.39. The Morgan fingerprint density at radius 1 is 0.981 bits per heavy atom. The van der Waals surface area contributed by atoms with Gasteiger partial charge in [-0.2, -0.15) is 9.98 Å². The Labute approximate surface area is 309 Å². The van der Waals surface area contributed by atoms with Gasteiger partial charge >= 0.3 is 24.2 Å². The lowest BCUT2D eigenvalue weighted by Crippen LogP contribution is -2.19. The molecule has 1 atom stereocenters. The zero-order chi connectivity index (χ0) is 39.2. The zero-order valence-corrected chi connectivity index (χ0v) is 30.5. The Morgan fingerprint density at radius 3 is 2.35 bits per heavy atom. The molecule has 2 aromatic carbocycles. The average molecular weight is 753 g/mol. The van der Waals surface area contributed by atoms with Crippen molar-refractivity contribution >= 4 is 29.7 Å². The Hall–Kier alpha value is -6.53. The van der Waals surface area contributed by atoms with Crippen LogP contribution < -0.4 is 25.3 Å². The molecule has 0 bridgehead atoms. The molecule has 54 heavy (non-hydrogen) atoms. The minimum atomic E-state index is -1.20. The molecule has 0 aliphatic heterocycles. The first-order valence-corrected chi connectivity index (χ1v) is 16.6. The van der Waals surface area contributed by atoms with Gasteiger partial charge in [0.1, 0.15) is 30.8 Å². The van der Waals surface area contributed by atoms with Crippen LogP contribution >= 0.6 is 0 Å². The molecule has 0 saturated carbocycles. The Morgan fingerprint density at radius 2 is 1.70 bits per heavy atom. The van der Waals surface area contributed by atoms with E-state index in [0.717, 1.165) is 4.68 Å². The van der Waals surface area contributed by atoms with Crippen LogP contribution in [0, 0.1) is 11.7 Å². The van der Waals surface area contributed by atoms with Gasteiger partial charge in [0.05, 0.1) is 19.8 Å². The van der Waals surface area contributed by atoms with Gasteiger partial charge in [-0.05, 0) is 56.2 Å². The topological polar surface area (TPSA) is 223 Å². The molecule has 2 heterocycles. The number of anilines is 1. The van der Waals surface area contributed by atoms with Crippen molar-refractivity contribution in [1.82, 2.24) is 24.7 Å². The van der Waals surface area contributed by atoms with E-state index in [2.05, 4.69) is 30.4 Å². The van der Waals surface area contributed by atoms with Crippen molar-refractivity contribution in [2.75, 3.05) is 39.0 Å². The molecule has 0 aliphatic carbocycles.